The van der Waals surface area contributed by atoms with Crippen LogP contribution in [0, 0.1) is 11.6 Å². The largest absolute Gasteiger partial charge is 0.462 e. The molecule has 0 unspecified atom stereocenters. The van der Waals surface area contributed by atoms with E-state index < -0.39 is 17.6 Å². The highest BCUT2D eigenvalue weighted by Gasteiger charge is 2.30. The Morgan fingerprint density at radius 2 is 2.12 bits per heavy atom. The van der Waals surface area contributed by atoms with Crippen LogP contribution in [0.25, 0.3) is 11.0 Å². The highest BCUT2D eigenvalue weighted by Crippen LogP contribution is 2.35. The van der Waals surface area contributed by atoms with Gasteiger partial charge in [-0.3, -0.25) is 4.79 Å². The monoisotopic (exact) mass is 357 g/mol. The third-order valence-electron chi connectivity index (χ3n) is 4.18. The molecule has 4 rings (SSSR count). The molecule has 3 aromatic rings. The van der Waals surface area contributed by atoms with Gasteiger partial charge in [-0.25, -0.2) is 18.6 Å². The summed E-state index contributed by atoms with van der Waals surface area (Å²) in [6, 6.07) is 6.46. The number of esters is 1. The molecular weight excluding hydrogens is 344 g/mol. The van der Waals surface area contributed by atoms with Gasteiger partial charge in [0.05, 0.1) is 29.9 Å². The Hall–Kier alpha value is -3.29. The fraction of sp³-hybridized carbons (Fsp3) is 0.167. The molecule has 1 N–H and O–H groups in total. The molecule has 26 heavy (non-hydrogen) atoms. The fourth-order valence-electron chi connectivity index (χ4n) is 3.04. The number of H-pyrrole nitrogens is 1. The number of halogens is 2. The first-order valence-electron chi connectivity index (χ1n) is 7.95. The van der Waals surface area contributed by atoms with Crippen LogP contribution in [0.2, 0.25) is 0 Å². The van der Waals surface area contributed by atoms with E-state index in [0.717, 1.165) is 6.07 Å². The molecule has 8 heteroatoms. The summed E-state index contributed by atoms with van der Waals surface area (Å²) in [4.78, 5) is 33.0. The summed E-state index contributed by atoms with van der Waals surface area (Å²) in [5.74, 6) is -2.03. The third-order valence-corrected chi connectivity index (χ3v) is 4.18. The highest BCUT2D eigenvalue weighted by molar-refractivity contribution is 6.10. The molecule has 1 aliphatic heterocycles. The van der Waals surface area contributed by atoms with Crippen molar-refractivity contribution >= 4 is 34.4 Å². The Bertz CT molecular complexity index is 1060. The second-order valence-electron chi connectivity index (χ2n) is 5.77. The second kappa shape index (κ2) is 5.91. The van der Waals surface area contributed by atoms with Crippen LogP contribution < -0.4 is 4.90 Å². The number of anilines is 2. The summed E-state index contributed by atoms with van der Waals surface area (Å²) in [6.45, 7) is 1.70. The molecule has 1 aliphatic rings. The van der Waals surface area contributed by atoms with Crippen molar-refractivity contribution in [3.8, 4) is 0 Å². The lowest BCUT2D eigenvalue weighted by molar-refractivity contribution is 0.0523. The van der Waals surface area contributed by atoms with E-state index in [1.165, 1.54) is 24.3 Å². The molecular formula is C18H13F2N3O3. The SMILES string of the molecule is CCOC(=O)c1c(F)ccc2nc(N3CC(=O)c4cc(F)ccc43)[nH]c12. The number of nitrogens with zero attached hydrogens (tertiary/aromatic N) is 2. The van der Waals surface area contributed by atoms with Crippen molar-refractivity contribution in [2.75, 3.05) is 18.1 Å². The van der Waals surface area contributed by atoms with Crippen molar-refractivity contribution in [1.29, 1.82) is 0 Å². The number of carbonyl (C=O) groups excluding carboxylic acids is 2. The van der Waals surface area contributed by atoms with Crippen LogP contribution >= 0.6 is 0 Å². The van der Waals surface area contributed by atoms with Crippen molar-refractivity contribution in [3.63, 3.8) is 0 Å². The lowest BCUT2D eigenvalue weighted by Gasteiger charge is -2.14. The topological polar surface area (TPSA) is 75.3 Å². The first-order chi connectivity index (χ1) is 12.5. The molecule has 0 spiro atoms. The lowest BCUT2D eigenvalue weighted by Crippen LogP contribution is -2.17. The molecule has 0 radical (unpaired) electrons. The number of Topliss-reactive ketones (excluding diaryl/α,β-unsaturated/α-hetero) is 1. The number of aromatic amines is 1. The van der Waals surface area contributed by atoms with E-state index in [-0.39, 0.29) is 41.5 Å². The van der Waals surface area contributed by atoms with E-state index in [2.05, 4.69) is 9.97 Å². The predicted molar refractivity (Wildman–Crippen MR) is 89.7 cm³/mol. The summed E-state index contributed by atoms with van der Waals surface area (Å²) < 4.78 is 32.5. The third kappa shape index (κ3) is 2.42. The number of nitrogens with one attached hydrogen (secondary N) is 1. The van der Waals surface area contributed by atoms with Gasteiger partial charge < -0.3 is 14.6 Å². The zero-order valence-corrected chi connectivity index (χ0v) is 13.7. The average Bonchev–Trinajstić information content (AvgIpc) is 3.16. The Labute approximate surface area is 146 Å². The van der Waals surface area contributed by atoms with E-state index in [1.807, 2.05) is 0 Å². The van der Waals surface area contributed by atoms with Crippen molar-refractivity contribution < 1.29 is 23.1 Å². The van der Waals surface area contributed by atoms with Gasteiger partial charge in [0.25, 0.3) is 0 Å². The maximum Gasteiger partial charge on any atom is 0.343 e. The minimum Gasteiger partial charge on any atom is -0.462 e. The summed E-state index contributed by atoms with van der Waals surface area (Å²) >= 11 is 0. The number of rotatable bonds is 3. The molecule has 6 nitrogen and oxygen atoms in total. The van der Waals surface area contributed by atoms with Crippen LogP contribution in [-0.4, -0.2) is 34.9 Å². The lowest BCUT2D eigenvalue weighted by atomic mass is 10.1. The van der Waals surface area contributed by atoms with Crippen molar-refractivity contribution in [2.45, 2.75) is 6.92 Å². The maximum atomic E-state index is 14.2. The number of ketones is 1. The van der Waals surface area contributed by atoms with Gasteiger partial charge >= 0.3 is 5.97 Å². The van der Waals surface area contributed by atoms with Gasteiger partial charge in [-0.15, -0.1) is 0 Å². The van der Waals surface area contributed by atoms with E-state index in [9.17, 15) is 18.4 Å². The number of fused-ring (bicyclic) bond motifs is 2. The number of hydrogen-bond acceptors (Lipinski definition) is 5. The molecule has 1 aromatic heterocycles. The summed E-state index contributed by atoms with van der Waals surface area (Å²) in [5, 5.41) is 0. The van der Waals surface area contributed by atoms with Crippen LogP contribution in [0.4, 0.5) is 20.4 Å². The second-order valence-corrected chi connectivity index (χ2v) is 5.77. The van der Waals surface area contributed by atoms with E-state index >= 15 is 0 Å². The molecule has 0 fully saturated rings. The number of hydrogen-bond donors (Lipinski definition) is 1. The van der Waals surface area contributed by atoms with Gasteiger partial charge in [0.1, 0.15) is 17.2 Å². The molecule has 0 amide bonds. The maximum absolute atomic E-state index is 14.2. The molecule has 0 atom stereocenters. The number of ether oxygens (including phenoxy) is 1. The molecule has 0 bridgehead atoms. The summed E-state index contributed by atoms with van der Waals surface area (Å²) in [5.41, 5.74) is 1.04. The minimum absolute atomic E-state index is 0.0319. The van der Waals surface area contributed by atoms with Crippen molar-refractivity contribution in [2.24, 2.45) is 0 Å². The van der Waals surface area contributed by atoms with Crippen LogP contribution in [0.15, 0.2) is 30.3 Å². The Kier molecular flexibility index (Phi) is 3.68. The van der Waals surface area contributed by atoms with E-state index in [4.69, 9.17) is 4.74 Å². The number of imidazole rings is 1. The number of benzene rings is 2. The highest BCUT2D eigenvalue weighted by atomic mass is 19.1. The van der Waals surface area contributed by atoms with E-state index in [0.29, 0.717) is 11.2 Å². The van der Waals surface area contributed by atoms with Gasteiger partial charge in [-0.2, -0.15) is 0 Å². The first kappa shape index (κ1) is 16.2. The Balaban J connectivity index is 1.84. The smallest absolute Gasteiger partial charge is 0.343 e. The number of carbonyl (C=O) groups is 2. The van der Waals surface area contributed by atoms with Crippen molar-refractivity contribution in [1.82, 2.24) is 9.97 Å². The quantitative estimate of drug-likeness (QED) is 0.728. The van der Waals surface area contributed by atoms with Crippen LogP contribution in [-0.2, 0) is 4.74 Å². The molecule has 2 heterocycles. The van der Waals surface area contributed by atoms with Crippen LogP contribution in [0.3, 0.4) is 0 Å². The predicted octanol–water partition coefficient (Wildman–Crippen LogP) is 3.35. The van der Waals surface area contributed by atoms with E-state index in [1.54, 1.807) is 11.8 Å². The Morgan fingerprint density at radius 1 is 1.31 bits per heavy atom. The normalized spacial score (nSPS) is 13.3. The minimum atomic E-state index is -0.800. The standard InChI is InChI=1S/C18H13F2N3O3/c1-2-26-17(25)15-11(20)4-5-12-16(15)22-18(21-12)23-8-14(24)10-7-9(19)3-6-13(10)23/h3-7H,2,8H2,1H3,(H,21,22). The van der Waals surface area contributed by atoms with Gasteiger partial charge in [-0.05, 0) is 37.3 Å². The molecule has 132 valence electrons. The molecule has 0 saturated heterocycles. The zero-order valence-electron chi connectivity index (χ0n) is 13.7. The van der Waals surface area contributed by atoms with Gasteiger partial charge in [0, 0.05) is 5.56 Å². The molecule has 0 saturated carbocycles. The zero-order chi connectivity index (χ0) is 18.4. The van der Waals surface area contributed by atoms with Crippen LogP contribution in [0.1, 0.15) is 27.6 Å². The van der Waals surface area contributed by atoms with Crippen molar-refractivity contribution in [3.05, 3.63) is 53.1 Å². The van der Waals surface area contributed by atoms with Gasteiger partial charge in [0.2, 0.25) is 5.95 Å². The average molecular weight is 357 g/mol. The van der Waals surface area contributed by atoms with Gasteiger partial charge in [-0.1, -0.05) is 0 Å². The first-order valence-corrected chi connectivity index (χ1v) is 7.95. The molecule has 0 aliphatic carbocycles. The fourth-order valence-corrected chi connectivity index (χ4v) is 3.04. The van der Waals surface area contributed by atoms with Crippen LogP contribution in [0.5, 0.6) is 0 Å². The summed E-state index contributed by atoms with van der Waals surface area (Å²) in [6.07, 6.45) is 0. The number of aromatic nitrogens is 2. The summed E-state index contributed by atoms with van der Waals surface area (Å²) in [7, 11) is 0. The molecule has 2 aromatic carbocycles. The van der Waals surface area contributed by atoms with Gasteiger partial charge in [0.15, 0.2) is 5.78 Å². The Morgan fingerprint density at radius 3 is 2.88 bits per heavy atom.